The minimum atomic E-state index is -0.160. The molecule has 1 aliphatic rings. The van der Waals surface area contributed by atoms with E-state index in [1.165, 1.54) is 12.2 Å². The highest BCUT2D eigenvalue weighted by atomic mass is 16.5. The number of carbonyl (C=O) groups is 2. The van der Waals surface area contributed by atoms with Gasteiger partial charge in [0, 0.05) is 29.0 Å². The van der Waals surface area contributed by atoms with Gasteiger partial charge in [-0.25, -0.2) is 0 Å². The molecule has 104 valence electrons. The molecule has 21 heavy (non-hydrogen) atoms. The monoisotopic (exact) mass is 279 g/mol. The molecule has 0 bridgehead atoms. The van der Waals surface area contributed by atoms with Crippen LogP contribution in [0.5, 0.6) is 5.75 Å². The Hall–Kier alpha value is -2.75. The molecule has 0 unspecified atom stereocenters. The van der Waals surface area contributed by atoms with E-state index in [1.807, 2.05) is 13.0 Å². The molecule has 0 atom stereocenters. The van der Waals surface area contributed by atoms with Crippen LogP contribution in [0.3, 0.4) is 0 Å². The van der Waals surface area contributed by atoms with E-state index in [1.54, 1.807) is 30.5 Å². The lowest BCUT2D eigenvalue weighted by Gasteiger charge is -2.11. The van der Waals surface area contributed by atoms with Crippen molar-refractivity contribution in [2.75, 3.05) is 6.61 Å². The number of nitrogens with zero attached hydrogens (tertiary/aromatic N) is 1. The summed E-state index contributed by atoms with van der Waals surface area (Å²) >= 11 is 0. The number of hydrogen-bond acceptors (Lipinski definition) is 4. The van der Waals surface area contributed by atoms with Crippen molar-refractivity contribution < 1.29 is 14.3 Å². The van der Waals surface area contributed by atoms with Gasteiger partial charge in [0.25, 0.3) is 0 Å². The molecule has 4 heteroatoms. The maximum atomic E-state index is 11.9. The van der Waals surface area contributed by atoms with Crippen LogP contribution in [0.2, 0.25) is 0 Å². The summed E-state index contributed by atoms with van der Waals surface area (Å²) in [6.45, 7) is 2.49. The summed E-state index contributed by atoms with van der Waals surface area (Å²) in [6.07, 6.45) is 4.27. The second-order valence-corrected chi connectivity index (χ2v) is 4.63. The molecular formula is C17H13NO3. The number of allylic oxidation sites excluding steroid dienone is 2. The zero-order chi connectivity index (χ0) is 14.8. The largest absolute Gasteiger partial charge is 0.494 e. The standard InChI is InChI=1S/C17H13NO3/c1-2-21-12-7-8-18-15(10-12)11-3-4-13-14(9-11)17(20)6-5-16(13)19/h3-10H,2H2,1H3. The van der Waals surface area contributed by atoms with E-state index in [9.17, 15) is 9.59 Å². The minimum Gasteiger partial charge on any atom is -0.494 e. The summed E-state index contributed by atoms with van der Waals surface area (Å²) in [5.41, 5.74) is 2.35. The molecule has 0 radical (unpaired) electrons. The molecule has 0 amide bonds. The third-order valence-electron chi connectivity index (χ3n) is 3.27. The van der Waals surface area contributed by atoms with Crippen LogP contribution in [0.1, 0.15) is 27.6 Å². The maximum Gasteiger partial charge on any atom is 0.186 e. The fourth-order valence-electron chi connectivity index (χ4n) is 2.28. The van der Waals surface area contributed by atoms with E-state index in [2.05, 4.69) is 4.98 Å². The van der Waals surface area contributed by atoms with Crippen LogP contribution in [0.25, 0.3) is 11.3 Å². The van der Waals surface area contributed by atoms with Crippen molar-refractivity contribution in [3.8, 4) is 17.0 Å². The molecule has 1 aromatic carbocycles. The molecule has 0 fully saturated rings. The number of carbonyl (C=O) groups excluding carboxylic acids is 2. The Balaban J connectivity index is 2.05. The summed E-state index contributed by atoms with van der Waals surface area (Å²) in [4.78, 5) is 27.9. The highest BCUT2D eigenvalue weighted by Gasteiger charge is 2.19. The van der Waals surface area contributed by atoms with Crippen molar-refractivity contribution >= 4 is 11.6 Å². The van der Waals surface area contributed by atoms with Gasteiger partial charge >= 0.3 is 0 Å². The van der Waals surface area contributed by atoms with Crippen molar-refractivity contribution in [3.63, 3.8) is 0 Å². The Morgan fingerprint density at radius 2 is 1.76 bits per heavy atom. The van der Waals surface area contributed by atoms with Gasteiger partial charge in [-0.3, -0.25) is 14.6 Å². The third kappa shape index (κ3) is 2.48. The lowest BCUT2D eigenvalue weighted by molar-refractivity contribution is 0.0994. The smallest absolute Gasteiger partial charge is 0.186 e. The molecule has 0 N–H and O–H groups in total. The molecule has 1 aliphatic carbocycles. The Morgan fingerprint density at radius 1 is 1.00 bits per heavy atom. The predicted molar refractivity (Wildman–Crippen MR) is 78.6 cm³/mol. The van der Waals surface area contributed by atoms with Gasteiger partial charge in [0.2, 0.25) is 0 Å². The van der Waals surface area contributed by atoms with Crippen molar-refractivity contribution in [1.29, 1.82) is 0 Å². The number of rotatable bonds is 3. The van der Waals surface area contributed by atoms with Gasteiger partial charge in [0.1, 0.15) is 5.75 Å². The Kier molecular flexibility index (Phi) is 3.36. The summed E-state index contributed by atoms with van der Waals surface area (Å²) in [7, 11) is 0. The van der Waals surface area contributed by atoms with E-state index in [0.29, 0.717) is 23.4 Å². The number of ketones is 2. The van der Waals surface area contributed by atoms with Crippen molar-refractivity contribution in [3.05, 3.63) is 59.8 Å². The number of aromatic nitrogens is 1. The zero-order valence-corrected chi connectivity index (χ0v) is 11.5. The lowest BCUT2D eigenvalue weighted by atomic mass is 9.92. The lowest BCUT2D eigenvalue weighted by Crippen LogP contribution is -2.11. The van der Waals surface area contributed by atoms with Gasteiger partial charge in [0.15, 0.2) is 11.6 Å². The molecule has 3 rings (SSSR count). The van der Waals surface area contributed by atoms with Crippen LogP contribution in [-0.2, 0) is 0 Å². The third-order valence-corrected chi connectivity index (χ3v) is 3.27. The van der Waals surface area contributed by atoms with Gasteiger partial charge in [-0.05, 0) is 37.3 Å². The summed E-state index contributed by atoms with van der Waals surface area (Å²) in [6, 6.07) is 8.76. The molecule has 1 heterocycles. The van der Waals surface area contributed by atoms with Crippen LogP contribution >= 0.6 is 0 Å². The topological polar surface area (TPSA) is 56.3 Å². The van der Waals surface area contributed by atoms with Gasteiger partial charge in [-0.15, -0.1) is 0 Å². The quantitative estimate of drug-likeness (QED) is 0.866. The molecule has 0 saturated carbocycles. The zero-order valence-electron chi connectivity index (χ0n) is 11.5. The summed E-state index contributed by atoms with van der Waals surface area (Å²) in [5, 5.41) is 0. The Bertz CT molecular complexity index is 762. The van der Waals surface area contributed by atoms with Crippen molar-refractivity contribution in [2.24, 2.45) is 0 Å². The molecule has 0 aliphatic heterocycles. The van der Waals surface area contributed by atoms with Crippen molar-refractivity contribution in [2.45, 2.75) is 6.92 Å². The van der Waals surface area contributed by atoms with E-state index >= 15 is 0 Å². The van der Waals surface area contributed by atoms with Gasteiger partial charge in [-0.2, -0.15) is 0 Å². The molecule has 1 aromatic heterocycles. The van der Waals surface area contributed by atoms with Gasteiger partial charge in [-0.1, -0.05) is 6.07 Å². The first-order chi connectivity index (χ1) is 10.2. The van der Waals surface area contributed by atoms with Crippen LogP contribution in [0.4, 0.5) is 0 Å². The molecular weight excluding hydrogens is 266 g/mol. The maximum absolute atomic E-state index is 11.9. The van der Waals surface area contributed by atoms with E-state index in [-0.39, 0.29) is 11.6 Å². The van der Waals surface area contributed by atoms with Gasteiger partial charge < -0.3 is 4.74 Å². The number of benzene rings is 1. The predicted octanol–water partition coefficient (Wildman–Crippen LogP) is 3.08. The average molecular weight is 279 g/mol. The molecule has 0 saturated heterocycles. The second-order valence-electron chi connectivity index (χ2n) is 4.63. The molecule has 2 aromatic rings. The minimum absolute atomic E-state index is 0.146. The van der Waals surface area contributed by atoms with Crippen LogP contribution in [0.15, 0.2) is 48.7 Å². The van der Waals surface area contributed by atoms with Crippen LogP contribution < -0.4 is 4.74 Å². The Morgan fingerprint density at radius 3 is 2.52 bits per heavy atom. The Labute approximate surface area is 122 Å². The highest BCUT2D eigenvalue weighted by Crippen LogP contribution is 2.26. The summed E-state index contributed by atoms with van der Waals surface area (Å²) < 4.78 is 5.45. The second kappa shape index (κ2) is 5.32. The number of hydrogen-bond donors (Lipinski definition) is 0. The van der Waals surface area contributed by atoms with E-state index < -0.39 is 0 Å². The van der Waals surface area contributed by atoms with Crippen LogP contribution in [0, 0.1) is 0 Å². The normalized spacial score (nSPS) is 13.2. The fraction of sp³-hybridized carbons (Fsp3) is 0.118. The first-order valence-corrected chi connectivity index (χ1v) is 6.69. The SMILES string of the molecule is CCOc1ccnc(-c2ccc3c(c2)C(=O)C=CC3=O)c1. The first kappa shape index (κ1) is 13.2. The molecule has 4 nitrogen and oxygen atoms in total. The van der Waals surface area contributed by atoms with E-state index in [0.717, 1.165) is 11.3 Å². The number of ether oxygens (including phenoxy) is 1. The highest BCUT2D eigenvalue weighted by molar-refractivity contribution is 6.22. The van der Waals surface area contributed by atoms with Crippen molar-refractivity contribution in [1.82, 2.24) is 4.98 Å². The van der Waals surface area contributed by atoms with Crippen LogP contribution in [-0.4, -0.2) is 23.2 Å². The fourth-order valence-corrected chi connectivity index (χ4v) is 2.28. The first-order valence-electron chi connectivity index (χ1n) is 6.69. The average Bonchev–Trinajstić information content (AvgIpc) is 2.51. The summed E-state index contributed by atoms with van der Waals surface area (Å²) in [5.74, 6) is 0.419. The van der Waals surface area contributed by atoms with Gasteiger partial charge in [0.05, 0.1) is 12.3 Å². The number of fused-ring (bicyclic) bond motifs is 1. The number of pyridine rings is 1. The van der Waals surface area contributed by atoms with E-state index in [4.69, 9.17) is 4.74 Å². The molecule has 0 spiro atoms.